The van der Waals surface area contributed by atoms with Crippen molar-refractivity contribution < 1.29 is 19.1 Å². The van der Waals surface area contributed by atoms with Crippen LogP contribution in [0.25, 0.3) is 11.3 Å². The van der Waals surface area contributed by atoms with E-state index in [1.807, 2.05) is 95.9 Å². The van der Waals surface area contributed by atoms with Crippen LogP contribution in [0.4, 0.5) is 5.82 Å². The number of methoxy groups -OCH3 is 2. The fourth-order valence-electron chi connectivity index (χ4n) is 5.17. The third-order valence-electron chi connectivity index (χ3n) is 7.68. The minimum atomic E-state index is -0.0426. The summed E-state index contributed by atoms with van der Waals surface area (Å²) in [6, 6.07) is 29.2. The van der Waals surface area contributed by atoms with E-state index in [1.54, 1.807) is 19.1 Å². The third kappa shape index (κ3) is 7.68. The van der Waals surface area contributed by atoms with Gasteiger partial charge in [0.05, 0.1) is 32.9 Å². The maximum absolute atomic E-state index is 13.4. The molecule has 0 bridgehead atoms. The lowest BCUT2D eigenvalue weighted by Crippen LogP contribution is -2.52. The van der Waals surface area contributed by atoms with Gasteiger partial charge in [0, 0.05) is 38.3 Å². The molecule has 1 aliphatic rings. The summed E-state index contributed by atoms with van der Waals surface area (Å²) < 4.78 is 10.7. The Hall–Kier alpha value is -4.92. The van der Waals surface area contributed by atoms with E-state index in [4.69, 9.17) is 9.47 Å². The molecule has 0 unspecified atom stereocenters. The molecule has 0 spiro atoms. The van der Waals surface area contributed by atoms with Crippen LogP contribution >= 0.6 is 0 Å². The van der Waals surface area contributed by atoms with Crippen LogP contribution < -0.4 is 14.4 Å². The van der Waals surface area contributed by atoms with Crippen molar-refractivity contribution in [1.82, 2.24) is 20.0 Å². The van der Waals surface area contributed by atoms with Crippen molar-refractivity contribution in [3.63, 3.8) is 0 Å². The number of benzene rings is 3. The third-order valence-corrected chi connectivity index (χ3v) is 7.68. The normalized spacial score (nSPS) is 13.0. The number of hydrogen-bond acceptors (Lipinski definition) is 7. The predicted octanol–water partition coefficient (Wildman–Crippen LogP) is 4.12. The maximum atomic E-state index is 13.4. The Labute approximate surface area is 252 Å². The van der Waals surface area contributed by atoms with Gasteiger partial charge in [-0.25, -0.2) is 0 Å². The summed E-state index contributed by atoms with van der Waals surface area (Å²) >= 11 is 0. The van der Waals surface area contributed by atoms with Crippen molar-refractivity contribution in [2.75, 3.05) is 58.4 Å². The Kier molecular flexibility index (Phi) is 9.84. The molecule has 2 heterocycles. The molecule has 0 N–H and O–H groups in total. The molecule has 0 atom stereocenters. The molecule has 1 fully saturated rings. The minimum absolute atomic E-state index is 0.0380. The number of nitrogens with zero attached hydrogens (tertiary/aromatic N) is 5. The second-order valence-corrected chi connectivity index (χ2v) is 10.4. The number of carbonyl (C=O) groups is 2. The van der Waals surface area contributed by atoms with E-state index in [0.717, 1.165) is 28.2 Å². The first-order valence-electron chi connectivity index (χ1n) is 14.5. The number of rotatable bonds is 11. The Bertz CT molecular complexity index is 1490. The van der Waals surface area contributed by atoms with Crippen LogP contribution in [-0.4, -0.2) is 85.3 Å². The van der Waals surface area contributed by atoms with Crippen LogP contribution in [0.5, 0.6) is 11.5 Å². The molecule has 1 saturated heterocycles. The first kappa shape index (κ1) is 29.6. The lowest BCUT2D eigenvalue weighted by molar-refractivity contribution is -0.140. The Morgan fingerprint density at radius 3 is 2.07 bits per heavy atom. The summed E-state index contributed by atoms with van der Waals surface area (Å²) in [5.74, 6) is 1.97. The summed E-state index contributed by atoms with van der Waals surface area (Å²) in [5, 5.41) is 8.89. The molecular formula is C34H37N5O4. The van der Waals surface area contributed by atoms with Crippen molar-refractivity contribution in [1.29, 1.82) is 0 Å². The smallest absolute Gasteiger partial charge is 0.242 e. The van der Waals surface area contributed by atoms with E-state index in [1.165, 1.54) is 0 Å². The van der Waals surface area contributed by atoms with E-state index >= 15 is 0 Å². The molecule has 9 nitrogen and oxygen atoms in total. The standard InChI is InChI=1S/C34H37N5O4/c1-42-30-15-13-28(24-31(30)43-2)29-14-16-32(36-35-29)37-19-21-38(22-20-37)34(41)25-39(18-17-26-9-5-3-6-10-26)33(40)23-27-11-7-4-8-12-27/h3-16,24H,17-23,25H2,1-2H3. The van der Waals surface area contributed by atoms with Gasteiger partial charge in [0.15, 0.2) is 17.3 Å². The summed E-state index contributed by atoms with van der Waals surface area (Å²) in [7, 11) is 3.21. The van der Waals surface area contributed by atoms with Crippen LogP contribution in [0.3, 0.4) is 0 Å². The van der Waals surface area contributed by atoms with Crippen molar-refractivity contribution in [3.05, 3.63) is 102 Å². The van der Waals surface area contributed by atoms with Gasteiger partial charge in [-0.2, -0.15) is 0 Å². The van der Waals surface area contributed by atoms with Crippen molar-refractivity contribution in [2.45, 2.75) is 12.8 Å². The summed E-state index contributed by atoms with van der Waals surface area (Å²) in [6.07, 6.45) is 0.967. The first-order valence-corrected chi connectivity index (χ1v) is 14.5. The van der Waals surface area contributed by atoms with Crippen LogP contribution in [0.2, 0.25) is 0 Å². The molecule has 222 valence electrons. The summed E-state index contributed by atoms with van der Waals surface area (Å²) in [5.41, 5.74) is 3.69. The largest absolute Gasteiger partial charge is 0.493 e. The van der Waals surface area contributed by atoms with Gasteiger partial charge in [-0.1, -0.05) is 60.7 Å². The molecule has 1 aromatic heterocycles. The molecule has 1 aliphatic heterocycles. The fourth-order valence-corrected chi connectivity index (χ4v) is 5.17. The lowest BCUT2D eigenvalue weighted by Gasteiger charge is -2.36. The second kappa shape index (κ2) is 14.3. The minimum Gasteiger partial charge on any atom is -0.493 e. The molecule has 2 amide bonds. The maximum Gasteiger partial charge on any atom is 0.242 e. The quantitative estimate of drug-likeness (QED) is 0.264. The molecule has 3 aromatic carbocycles. The van der Waals surface area contributed by atoms with Crippen molar-refractivity contribution in [2.24, 2.45) is 0 Å². The van der Waals surface area contributed by atoms with Crippen LogP contribution in [0.1, 0.15) is 11.1 Å². The van der Waals surface area contributed by atoms with Gasteiger partial charge in [0.2, 0.25) is 11.8 Å². The number of aromatic nitrogens is 2. The van der Waals surface area contributed by atoms with E-state index in [0.29, 0.717) is 50.6 Å². The highest BCUT2D eigenvalue weighted by Crippen LogP contribution is 2.31. The summed E-state index contributed by atoms with van der Waals surface area (Å²) in [6.45, 7) is 2.94. The first-order chi connectivity index (χ1) is 21.0. The Balaban J connectivity index is 1.18. The molecule has 0 radical (unpaired) electrons. The average Bonchev–Trinajstić information content (AvgIpc) is 3.07. The van der Waals surface area contributed by atoms with Crippen molar-refractivity contribution >= 4 is 17.6 Å². The molecule has 5 rings (SSSR count). The van der Waals surface area contributed by atoms with Gasteiger partial charge < -0.3 is 24.2 Å². The highest BCUT2D eigenvalue weighted by Gasteiger charge is 2.25. The molecule has 9 heteroatoms. The van der Waals surface area contributed by atoms with Crippen molar-refractivity contribution in [3.8, 4) is 22.8 Å². The van der Waals surface area contributed by atoms with Gasteiger partial charge in [0.1, 0.15) is 0 Å². The van der Waals surface area contributed by atoms with Crippen LogP contribution in [0, 0.1) is 0 Å². The summed E-state index contributed by atoms with van der Waals surface area (Å²) in [4.78, 5) is 32.4. The molecule has 0 saturated carbocycles. The average molecular weight is 580 g/mol. The highest BCUT2D eigenvalue weighted by atomic mass is 16.5. The fraction of sp³-hybridized carbons (Fsp3) is 0.294. The SMILES string of the molecule is COc1ccc(-c2ccc(N3CCN(C(=O)CN(CCc4ccccc4)C(=O)Cc4ccccc4)CC3)nn2)cc1OC. The lowest BCUT2D eigenvalue weighted by atomic mass is 10.1. The van der Waals surface area contributed by atoms with Gasteiger partial charge in [-0.3, -0.25) is 9.59 Å². The second-order valence-electron chi connectivity index (χ2n) is 10.4. The Morgan fingerprint density at radius 2 is 1.44 bits per heavy atom. The van der Waals surface area contributed by atoms with Crippen LogP contribution in [-0.2, 0) is 22.4 Å². The van der Waals surface area contributed by atoms with Crippen LogP contribution in [0.15, 0.2) is 91.0 Å². The van der Waals surface area contributed by atoms with Gasteiger partial charge in [0.25, 0.3) is 0 Å². The number of hydrogen-bond donors (Lipinski definition) is 0. The molecule has 43 heavy (non-hydrogen) atoms. The topological polar surface area (TPSA) is 88.1 Å². The zero-order chi connectivity index (χ0) is 30.0. The molecule has 0 aliphatic carbocycles. The predicted molar refractivity (Wildman–Crippen MR) is 166 cm³/mol. The van der Waals surface area contributed by atoms with Gasteiger partial charge >= 0.3 is 0 Å². The molecule has 4 aromatic rings. The van der Waals surface area contributed by atoms with E-state index < -0.39 is 0 Å². The highest BCUT2D eigenvalue weighted by molar-refractivity contribution is 5.86. The van der Waals surface area contributed by atoms with E-state index in [2.05, 4.69) is 15.1 Å². The Morgan fingerprint density at radius 1 is 0.767 bits per heavy atom. The molecular weight excluding hydrogens is 542 g/mol. The van der Waals surface area contributed by atoms with Gasteiger partial charge in [-0.15, -0.1) is 10.2 Å². The van der Waals surface area contributed by atoms with Gasteiger partial charge in [-0.05, 0) is 47.9 Å². The zero-order valence-electron chi connectivity index (χ0n) is 24.7. The van der Waals surface area contributed by atoms with E-state index in [9.17, 15) is 9.59 Å². The monoisotopic (exact) mass is 579 g/mol. The zero-order valence-corrected chi connectivity index (χ0v) is 24.7. The van der Waals surface area contributed by atoms with E-state index in [-0.39, 0.29) is 24.8 Å². The number of ether oxygens (including phenoxy) is 2. The number of carbonyl (C=O) groups excluding carboxylic acids is 2. The number of piperazine rings is 1. The number of amides is 2. The number of anilines is 1.